The minimum Gasteiger partial charge on any atom is -0.339 e. The van der Waals surface area contributed by atoms with Crippen LogP contribution in [0.5, 0.6) is 0 Å². The molecule has 3 rings (SSSR count). The van der Waals surface area contributed by atoms with E-state index >= 15 is 0 Å². The predicted octanol–water partition coefficient (Wildman–Crippen LogP) is 2.27. The van der Waals surface area contributed by atoms with Gasteiger partial charge in [0.25, 0.3) is 0 Å². The molecule has 1 aromatic heterocycles. The molecule has 1 fully saturated rings. The van der Waals surface area contributed by atoms with Crippen LogP contribution < -0.4 is 4.90 Å². The van der Waals surface area contributed by atoms with Gasteiger partial charge in [-0.2, -0.15) is 0 Å². The standard InChI is InChI=1S/C16H16BrFN4O/c17-13-2-3-14(18)12(10-13)11-15(23)21-6-8-22(9-7-21)16-19-4-1-5-20-16/h1-5,10H,6-9,11H2. The molecule has 0 unspecified atom stereocenters. The molecular formula is C16H16BrFN4O. The second kappa shape index (κ2) is 7.04. The fourth-order valence-electron chi connectivity index (χ4n) is 2.56. The van der Waals surface area contributed by atoms with Gasteiger partial charge in [0.15, 0.2) is 0 Å². The van der Waals surface area contributed by atoms with Gasteiger partial charge in [-0.15, -0.1) is 0 Å². The van der Waals surface area contributed by atoms with E-state index in [0.29, 0.717) is 37.7 Å². The van der Waals surface area contributed by atoms with Crippen molar-refractivity contribution in [3.8, 4) is 0 Å². The van der Waals surface area contributed by atoms with Crippen molar-refractivity contribution >= 4 is 27.8 Å². The van der Waals surface area contributed by atoms with Gasteiger partial charge in [-0.05, 0) is 29.8 Å². The van der Waals surface area contributed by atoms with Gasteiger partial charge in [0, 0.05) is 43.0 Å². The van der Waals surface area contributed by atoms with E-state index in [1.165, 1.54) is 6.07 Å². The van der Waals surface area contributed by atoms with Crippen LogP contribution in [-0.2, 0) is 11.2 Å². The Labute approximate surface area is 142 Å². The lowest BCUT2D eigenvalue weighted by atomic mass is 10.1. The third-order valence-electron chi connectivity index (χ3n) is 3.82. The summed E-state index contributed by atoms with van der Waals surface area (Å²) in [4.78, 5) is 24.6. The maximum atomic E-state index is 13.8. The van der Waals surface area contributed by atoms with Crippen molar-refractivity contribution in [2.75, 3.05) is 31.1 Å². The van der Waals surface area contributed by atoms with E-state index in [2.05, 4.69) is 25.9 Å². The molecule has 0 atom stereocenters. The molecule has 0 N–H and O–H groups in total. The third-order valence-corrected chi connectivity index (χ3v) is 4.31. The molecule has 0 spiro atoms. The molecule has 2 aromatic rings. The molecule has 1 saturated heterocycles. The zero-order valence-electron chi connectivity index (χ0n) is 12.5. The first-order chi connectivity index (χ1) is 11.1. The predicted molar refractivity (Wildman–Crippen MR) is 88.6 cm³/mol. The van der Waals surface area contributed by atoms with Gasteiger partial charge in [0.1, 0.15) is 5.82 Å². The molecule has 2 heterocycles. The summed E-state index contributed by atoms with van der Waals surface area (Å²) in [6.07, 6.45) is 3.49. The number of anilines is 1. The molecule has 0 radical (unpaired) electrons. The second-order valence-corrected chi connectivity index (χ2v) is 6.24. The summed E-state index contributed by atoms with van der Waals surface area (Å²) in [5.74, 6) is 0.270. The maximum absolute atomic E-state index is 13.8. The van der Waals surface area contributed by atoms with Crippen LogP contribution in [0.1, 0.15) is 5.56 Å². The van der Waals surface area contributed by atoms with Gasteiger partial charge in [-0.3, -0.25) is 4.79 Å². The minimum atomic E-state index is -0.349. The highest BCUT2D eigenvalue weighted by atomic mass is 79.9. The lowest BCUT2D eigenvalue weighted by Gasteiger charge is -2.34. The number of benzene rings is 1. The van der Waals surface area contributed by atoms with Crippen molar-refractivity contribution in [3.05, 3.63) is 52.5 Å². The van der Waals surface area contributed by atoms with Crippen LogP contribution in [-0.4, -0.2) is 47.0 Å². The van der Waals surface area contributed by atoms with Crippen molar-refractivity contribution in [2.45, 2.75) is 6.42 Å². The van der Waals surface area contributed by atoms with Crippen LogP contribution in [0, 0.1) is 5.82 Å². The van der Waals surface area contributed by atoms with Gasteiger partial charge in [-0.1, -0.05) is 15.9 Å². The van der Waals surface area contributed by atoms with E-state index in [-0.39, 0.29) is 18.1 Å². The topological polar surface area (TPSA) is 49.3 Å². The number of rotatable bonds is 3. The average Bonchev–Trinajstić information content (AvgIpc) is 2.59. The Morgan fingerprint density at radius 2 is 1.87 bits per heavy atom. The van der Waals surface area contributed by atoms with Crippen molar-refractivity contribution < 1.29 is 9.18 Å². The number of hydrogen-bond acceptors (Lipinski definition) is 4. The SMILES string of the molecule is O=C(Cc1cc(Br)ccc1F)N1CCN(c2ncccn2)CC1. The van der Waals surface area contributed by atoms with Crippen molar-refractivity contribution in [3.63, 3.8) is 0 Å². The molecule has 1 amide bonds. The molecule has 5 nitrogen and oxygen atoms in total. The molecule has 0 aliphatic carbocycles. The van der Waals surface area contributed by atoms with E-state index in [0.717, 1.165) is 4.47 Å². The highest BCUT2D eigenvalue weighted by Gasteiger charge is 2.23. The van der Waals surface area contributed by atoms with Crippen LogP contribution in [0.3, 0.4) is 0 Å². The summed E-state index contributed by atoms with van der Waals surface area (Å²) in [5.41, 5.74) is 0.415. The van der Waals surface area contributed by atoms with E-state index < -0.39 is 0 Å². The number of piperazine rings is 1. The molecule has 23 heavy (non-hydrogen) atoms. The van der Waals surface area contributed by atoms with Crippen LogP contribution in [0.15, 0.2) is 41.1 Å². The Bertz CT molecular complexity index is 690. The monoisotopic (exact) mass is 378 g/mol. The number of aromatic nitrogens is 2. The minimum absolute atomic E-state index is 0.0596. The van der Waals surface area contributed by atoms with E-state index in [1.807, 2.05) is 4.90 Å². The van der Waals surface area contributed by atoms with Gasteiger partial charge in [0.05, 0.1) is 6.42 Å². The number of carbonyl (C=O) groups excluding carboxylic acids is 1. The second-order valence-electron chi connectivity index (χ2n) is 5.33. The molecular weight excluding hydrogens is 363 g/mol. The van der Waals surface area contributed by atoms with Gasteiger partial charge in [-0.25, -0.2) is 14.4 Å². The number of halogens is 2. The van der Waals surface area contributed by atoms with Gasteiger partial charge >= 0.3 is 0 Å². The zero-order chi connectivity index (χ0) is 16.2. The molecule has 120 valence electrons. The average molecular weight is 379 g/mol. The number of amides is 1. The maximum Gasteiger partial charge on any atom is 0.227 e. The normalized spacial score (nSPS) is 14.9. The summed E-state index contributed by atoms with van der Waals surface area (Å²) in [6, 6.07) is 6.43. The Morgan fingerprint density at radius 1 is 1.17 bits per heavy atom. The van der Waals surface area contributed by atoms with Gasteiger partial charge in [0.2, 0.25) is 11.9 Å². The lowest BCUT2D eigenvalue weighted by molar-refractivity contribution is -0.130. The Balaban J connectivity index is 1.59. The van der Waals surface area contributed by atoms with Crippen molar-refractivity contribution in [2.24, 2.45) is 0 Å². The fourth-order valence-corrected chi connectivity index (χ4v) is 2.97. The molecule has 1 aromatic carbocycles. The summed E-state index contributed by atoms with van der Waals surface area (Å²) in [5, 5.41) is 0. The van der Waals surface area contributed by atoms with Crippen LogP contribution >= 0.6 is 15.9 Å². The number of carbonyl (C=O) groups is 1. The first-order valence-corrected chi connectivity index (χ1v) is 8.16. The molecule has 7 heteroatoms. The Kier molecular flexibility index (Phi) is 4.85. The molecule has 1 aliphatic heterocycles. The summed E-state index contributed by atoms with van der Waals surface area (Å²) in [6.45, 7) is 2.53. The zero-order valence-corrected chi connectivity index (χ0v) is 14.0. The number of hydrogen-bond donors (Lipinski definition) is 0. The Morgan fingerprint density at radius 3 is 2.57 bits per heavy atom. The third kappa shape index (κ3) is 3.85. The summed E-state index contributed by atoms with van der Waals surface area (Å²) >= 11 is 3.30. The quantitative estimate of drug-likeness (QED) is 0.821. The van der Waals surface area contributed by atoms with Gasteiger partial charge < -0.3 is 9.80 Å². The molecule has 0 bridgehead atoms. The summed E-state index contributed by atoms with van der Waals surface area (Å²) < 4.78 is 14.5. The first kappa shape index (κ1) is 15.9. The highest BCUT2D eigenvalue weighted by Crippen LogP contribution is 2.17. The van der Waals surface area contributed by atoms with E-state index in [4.69, 9.17) is 0 Å². The Hall–Kier alpha value is -2.02. The summed E-state index contributed by atoms with van der Waals surface area (Å²) in [7, 11) is 0. The van der Waals surface area contributed by atoms with Crippen LogP contribution in [0.2, 0.25) is 0 Å². The fraction of sp³-hybridized carbons (Fsp3) is 0.312. The van der Waals surface area contributed by atoms with Crippen molar-refractivity contribution in [1.29, 1.82) is 0 Å². The van der Waals surface area contributed by atoms with E-state index in [9.17, 15) is 9.18 Å². The molecule has 0 saturated carbocycles. The van der Waals surface area contributed by atoms with Crippen LogP contribution in [0.25, 0.3) is 0 Å². The lowest BCUT2D eigenvalue weighted by Crippen LogP contribution is -2.49. The largest absolute Gasteiger partial charge is 0.339 e. The number of nitrogens with zero attached hydrogens (tertiary/aromatic N) is 4. The first-order valence-electron chi connectivity index (χ1n) is 7.37. The molecule has 1 aliphatic rings. The van der Waals surface area contributed by atoms with Crippen molar-refractivity contribution in [1.82, 2.24) is 14.9 Å². The van der Waals surface area contributed by atoms with E-state index in [1.54, 1.807) is 35.5 Å². The smallest absolute Gasteiger partial charge is 0.227 e. The van der Waals surface area contributed by atoms with Crippen LogP contribution in [0.4, 0.5) is 10.3 Å². The highest BCUT2D eigenvalue weighted by molar-refractivity contribution is 9.10.